The van der Waals surface area contributed by atoms with Gasteiger partial charge in [-0.2, -0.15) is 0 Å². The van der Waals surface area contributed by atoms with Crippen LogP contribution in [0, 0.1) is 0 Å². The van der Waals surface area contributed by atoms with E-state index in [1.807, 2.05) is 6.92 Å². The molecule has 0 saturated heterocycles. The van der Waals surface area contributed by atoms with Crippen LogP contribution in [0.3, 0.4) is 0 Å². The largest absolute Gasteiger partial charge is 0.497 e. The number of carbonyl (C=O) groups is 1. The number of carbonyl (C=O) groups excluding carboxylic acids is 1. The lowest BCUT2D eigenvalue weighted by Gasteiger charge is -2.09. The summed E-state index contributed by atoms with van der Waals surface area (Å²) in [5, 5.41) is 0. The van der Waals surface area contributed by atoms with E-state index in [0.717, 1.165) is 0 Å². The SMILES string of the molecule is CCOc1ccc(OC)cc1C(=O)OC. The maximum absolute atomic E-state index is 11.4. The van der Waals surface area contributed by atoms with Crippen molar-refractivity contribution >= 4 is 5.97 Å². The summed E-state index contributed by atoms with van der Waals surface area (Å²) in [5.74, 6) is 0.668. The fourth-order valence-corrected chi connectivity index (χ4v) is 1.19. The van der Waals surface area contributed by atoms with Crippen molar-refractivity contribution in [1.29, 1.82) is 0 Å². The molecule has 0 unspecified atom stereocenters. The van der Waals surface area contributed by atoms with E-state index in [0.29, 0.717) is 23.7 Å². The van der Waals surface area contributed by atoms with Crippen LogP contribution >= 0.6 is 0 Å². The van der Waals surface area contributed by atoms with Gasteiger partial charge in [0.2, 0.25) is 0 Å². The number of hydrogen-bond acceptors (Lipinski definition) is 4. The van der Waals surface area contributed by atoms with Gasteiger partial charge in [0.1, 0.15) is 17.1 Å². The van der Waals surface area contributed by atoms with Crippen molar-refractivity contribution < 1.29 is 19.0 Å². The molecule has 0 heterocycles. The lowest BCUT2D eigenvalue weighted by Crippen LogP contribution is -2.05. The summed E-state index contributed by atoms with van der Waals surface area (Å²) < 4.78 is 15.0. The summed E-state index contributed by atoms with van der Waals surface area (Å²) in [6.45, 7) is 2.35. The molecule has 0 spiro atoms. The summed E-state index contributed by atoms with van der Waals surface area (Å²) in [4.78, 5) is 11.4. The van der Waals surface area contributed by atoms with Gasteiger partial charge in [-0.3, -0.25) is 0 Å². The van der Waals surface area contributed by atoms with Crippen molar-refractivity contribution in [2.24, 2.45) is 0 Å². The second-order valence-electron chi connectivity index (χ2n) is 2.79. The molecular formula is C11H14O4. The predicted molar refractivity (Wildman–Crippen MR) is 55.5 cm³/mol. The fourth-order valence-electron chi connectivity index (χ4n) is 1.19. The number of benzene rings is 1. The third-order valence-corrected chi connectivity index (χ3v) is 1.89. The van der Waals surface area contributed by atoms with Crippen LogP contribution in [0.15, 0.2) is 18.2 Å². The van der Waals surface area contributed by atoms with Gasteiger partial charge < -0.3 is 14.2 Å². The molecule has 82 valence electrons. The van der Waals surface area contributed by atoms with Gasteiger partial charge >= 0.3 is 5.97 Å². The molecule has 0 bridgehead atoms. The Morgan fingerprint density at radius 3 is 2.60 bits per heavy atom. The zero-order valence-corrected chi connectivity index (χ0v) is 9.07. The Morgan fingerprint density at radius 1 is 1.33 bits per heavy atom. The van der Waals surface area contributed by atoms with E-state index in [9.17, 15) is 4.79 Å². The average Bonchev–Trinajstić information content (AvgIpc) is 2.29. The van der Waals surface area contributed by atoms with E-state index in [-0.39, 0.29) is 0 Å². The van der Waals surface area contributed by atoms with Crippen LogP contribution in [0.5, 0.6) is 11.5 Å². The molecule has 0 radical (unpaired) electrons. The standard InChI is InChI=1S/C11H14O4/c1-4-15-10-6-5-8(13-2)7-9(10)11(12)14-3/h5-7H,4H2,1-3H3. The molecule has 0 atom stereocenters. The average molecular weight is 210 g/mol. The highest BCUT2D eigenvalue weighted by Gasteiger charge is 2.13. The Bertz CT molecular complexity index is 346. The van der Waals surface area contributed by atoms with Gasteiger partial charge in [0.15, 0.2) is 0 Å². The summed E-state index contributed by atoms with van der Waals surface area (Å²) in [5.41, 5.74) is 0.374. The first-order valence-electron chi connectivity index (χ1n) is 4.62. The molecule has 1 aromatic carbocycles. The smallest absolute Gasteiger partial charge is 0.341 e. The normalized spacial score (nSPS) is 9.53. The van der Waals surface area contributed by atoms with Crippen LogP contribution in [-0.4, -0.2) is 26.8 Å². The molecule has 1 aromatic rings. The van der Waals surface area contributed by atoms with E-state index < -0.39 is 5.97 Å². The molecule has 4 heteroatoms. The minimum absolute atomic E-state index is 0.374. The second-order valence-corrected chi connectivity index (χ2v) is 2.79. The molecule has 0 aliphatic carbocycles. The summed E-state index contributed by atoms with van der Waals surface area (Å²) in [7, 11) is 2.87. The summed E-state index contributed by atoms with van der Waals surface area (Å²) >= 11 is 0. The molecule has 4 nitrogen and oxygen atoms in total. The topological polar surface area (TPSA) is 44.8 Å². The van der Waals surface area contributed by atoms with Crippen molar-refractivity contribution in [3.63, 3.8) is 0 Å². The monoisotopic (exact) mass is 210 g/mol. The molecule has 0 N–H and O–H groups in total. The number of rotatable bonds is 4. The summed E-state index contributed by atoms with van der Waals surface area (Å²) in [6.07, 6.45) is 0. The minimum atomic E-state index is -0.433. The highest BCUT2D eigenvalue weighted by Crippen LogP contribution is 2.24. The van der Waals surface area contributed by atoms with Crippen molar-refractivity contribution in [1.82, 2.24) is 0 Å². The number of methoxy groups -OCH3 is 2. The Morgan fingerprint density at radius 2 is 2.07 bits per heavy atom. The number of hydrogen-bond donors (Lipinski definition) is 0. The highest BCUT2D eigenvalue weighted by molar-refractivity contribution is 5.92. The zero-order valence-electron chi connectivity index (χ0n) is 9.07. The lowest BCUT2D eigenvalue weighted by molar-refractivity contribution is 0.0596. The number of ether oxygens (including phenoxy) is 3. The van der Waals surface area contributed by atoms with Crippen molar-refractivity contribution in [3.8, 4) is 11.5 Å². The van der Waals surface area contributed by atoms with E-state index >= 15 is 0 Å². The second kappa shape index (κ2) is 5.24. The van der Waals surface area contributed by atoms with Crippen LogP contribution in [0.1, 0.15) is 17.3 Å². The van der Waals surface area contributed by atoms with Crippen LogP contribution < -0.4 is 9.47 Å². The Hall–Kier alpha value is -1.71. The fraction of sp³-hybridized carbons (Fsp3) is 0.364. The van der Waals surface area contributed by atoms with Gasteiger partial charge in [-0.15, -0.1) is 0 Å². The van der Waals surface area contributed by atoms with E-state index in [2.05, 4.69) is 4.74 Å². The maximum atomic E-state index is 11.4. The third kappa shape index (κ3) is 2.62. The van der Waals surface area contributed by atoms with E-state index in [1.54, 1.807) is 18.2 Å². The molecule has 0 aromatic heterocycles. The van der Waals surface area contributed by atoms with Gasteiger partial charge in [0, 0.05) is 0 Å². The van der Waals surface area contributed by atoms with Gasteiger partial charge in [-0.25, -0.2) is 4.79 Å². The van der Waals surface area contributed by atoms with E-state index in [4.69, 9.17) is 9.47 Å². The molecule has 0 aliphatic heterocycles. The van der Waals surface area contributed by atoms with Crippen LogP contribution in [0.25, 0.3) is 0 Å². The van der Waals surface area contributed by atoms with E-state index in [1.165, 1.54) is 14.2 Å². The molecule has 0 amide bonds. The minimum Gasteiger partial charge on any atom is -0.497 e. The lowest BCUT2D eigenvalue weighted by atomic mass is 10.2. The van der Waals surface area contributed by atoms with Gasteiger partial charge in [0.05, 0.1) is 20.8 Å². The zero-order chi connectivity index (χ0) is 11.3. The van der Waals surface area contributed by atoms with Crippen LogP contribution in [0.2, 0.25) is 0 Å². The molecule has 0 saturated carbocycles. The van der Waals surface area contributed by atoms with Gasteiger partial charge in [0.25, 0.3) is 0 Å². The van der Waals surface area contributed by atoms with Crippen molar-refractivity contribution in [2.75, 3.05) is 20.8 Å². The molecule has 0 fully saturated rings. The van der Waals surface area contributed by atoms with Gasteiger partial charge in [-0.05, 0) is 25.1 Å². The Labute approximate surface area is 88.8 Å². The first-order valence-corrected chi connectivity index (χ1v) is 4.62. The first kappa shape index (κ1) is 11.4. The van der Waals surface area contributed by atoms with Gasteiger partial charge in [-0.1, -0.05) is 0 Å². The van der Waals surface area contributed by atoms with Crippen molar-refractivity contribution in [2.45, 2.75) is 6.92 Å². The quantitative estimate of drug-likeness (QED) is 0.712. The summed E-state index contributed by atoms with van der Waals surface area (Å²) in [6, 6.07) is 5.02. The highest BCUT2D eigenvalue weighted by atomic mass is 16.5. The third-order valence-electron chi connectivity index (χ3n) is 1.89. The molecular weight excluding hydrogens is 196 g/mol. The predicted octanol–water partition coefficient (Wildman–Crippen LogP) is 1.88. The molecule has 1 rings (SSSR count). The van der Waals surface area contributed by atoms with Crippen LogP contribution in [-0.2, 0) is 4.74 Å². The molecule has 0 aliphatic rings. The Balaban J connectivity index is 3.10. The maximum Gasteiger partial charge on any atom is 0.341 e. The van der Waals surface area contributed by atoms with Crippen molar-refractivity contribution in [3.05, 3.63) is 23.8 Å². The molecule has 15 heavy (non-hydrogen) atoms. The first-order chi connectivity index (χ1) is 7.22. The van der Waals surface area contributed by atoms with Crippen LogP contribution in [0.4, 0.5) is 0 Å². The number of esters is 1. The Kier molecular flexibility index (Phi) is 3.97.